The fraction of sp³-hybridized carbons (Fsp3) is 0.381. The molecule has 0 bridgehead atoms. The minimum Gasteiger partial charge on any atom is -0.493 e. The molecule has 1 N–H and O–H groups in total. The Kier molecular flexibility index (Phi) is 7.50. The minimum atomic E-state index is -3.60. The monoisotopic (exact) mass is 420 g/mol. The second kappa shape index (κ2) is 9.65. The van der Waals surface area contributed by atoms with Crippen LogP contribution < -0.4 is 19.1 Å². The van der Waals surface area contributed by atoms with Gasteiger partial charge < -0.3 is 14.8 Å². The van der Waals surface area contributed by atoms with Crippen LogP contribution in [0.3, 0.4) is 0 Å². The number of aryl methyl sites for hydroxylation is 2. The predicted molar refractivity (Wildman–Crippen MR) is 114 cm³/mol. The van der Waals surface area contributed by atoms with Crippen molar-refractivity contribution < 1.29 is 22.7 Å². The van der Waals surface area contributed by atoms with Gasteiger partial charge in [0.15, 0.2) is 11.5 Å². The zero-order valence-corrected chi connectivity index (χ0v) is 18.3. The molecule has 0 heterocycles. The van der Waals surface area contributed by atoms with Crippen LogP contribution >= 0.6 is 0 Å². The summed E-state index contributed by atoms with van der Waals surface area (Å²) in [4.78, 5) is 12.4. The van der Waals surface area contributed by atoms with Crippen LogP contribution in [-0.2, 0) is 21.2 Å². The summed E-state index contributed by atoms with van der Waals surface area (Å²) in [5.41, 5.74) is 3.20. The Balaban J connectivity index is 2.03. The first kappa shape index (κ1) is 22.5. The number of ether oxygens (including phenoxy) is 2. The molecule has 0 spiro atoms. The number of carbonyl (C=O) groups excluding carboxylic acids is 1. The number of sulfonamides is 1. The van der Waals surface area contributed by atoms with E-state index in [1.165, 1.54) is 0 Å². The standard InChI is InChI=1S/C21H28N2O5S/c1-15-6-7-16(2)18(12-15)23(29(5,25)26)14-21(24)22-11-10-17-8-9-19(27-3)20(13-17)28-4/h6-9,12-13H,10-11,14H2,1-5H3,(H,22,24). The van der Waals surface area contributed by atoms with Crippen molar-refractivity contribution in [3.05, 3.63) is 53.1 Å². The summed E-state index contributed by atoms with van der Waals surface area (Å²) in [5, 5.41) is 2.79. The molecule has 0 atom stereocenters. The van der Waals surface area contributed by atoms with E-state index < -0.39 is 10.0 Å². The van der Waals surface area contributed by atoms with Gasteiger partial charge in [-0.25, -0.2) is 8.42 Å². The second-order valence-electron chi connectivity index (χ2n) is 6.85. The molecule has 0 aliphatic heterocycles. The smallest absolute Gasteiger partial charge is 0.240 e. The minimum absolute atomic E-state index is 0.269. The van der Waals surface area contributed by atoms with Crippen LogP contribution in [0.2, 0.25) is 0 Å². The number of hydrogen-bond acceptors (Lipinski definition) is 5. The van der Waals surface area contributed by atoms with Gasteiger partial charge in [0.2, 0.25) is 15.9 Å². The van der Waals surface area contributed by atoms with Crippen LogP contribution in [0, 0.1) is 13.8 Å². The fourth-order valence-corrected chi connectivity index (χ4v) is 3.84. The third kappa shape index (κ3) is 6.12. The summed E-state index contributed by atoms with van der Waals surface area (Å²) in [5.74, 6) is 0.893. The van der Waals surface area contributed by atoms with Crippen LogP contribution in [0.4, 0.5) is 5.69 Å². The molecule has 0 unspecified atom stereocenters. The molecule has 0 saturated heterocycles. The van der Waals surface area contributed by atoms with Gasteiger partial charge in [0.1, 0.15) is 6.54 Å². The molecule has 0 radical (unpaired) electrons. The maximum absolute atomic E-state index is 12.4. The van der Waals surface area contributed by atoms with E-state index in [1.54, 1.807) is 20.3 Å². The normalized spacial score (nSPS) is 11.1. The summed E-state index contributed by atoms with van der Waals surface area (Å²) < 4.78 is 36.2. The maximum Gasteiger partial charge on any atom is 0.240 e. The van der Waals surface area contributed by atoms with Crippen molar-refractivity contribution in [1.29, 1.82) is 0 Å². The molecule has 2 aromatic carbocycles. The first-order valence-electron chi connectivity index (χ1n) is 9.18. The molecule has 0 aliphatic carbocycles. The first-order chi connectivity index (χ1) is 13.7. The van der Waals surface area contributed by atoms with Crippen molar-refractivity contribution in [2.75, 3.05) is 37.9 Å². The van der Waals surface area contributed by atoms with Crippen molar-refractivity contribution in [1.82, 2.24) is 5.32 Å². The van der Waals surface area contributed by atoms with Crippen molar-refractivity contribution >= 4 is 21.6 Å². The van der Waals surface area contributed by atoms with E-state index in [0.717, 1.165) is 27.3 Å². The molecule has 0 aliphatic rings. The van der Waals surface area contributed by atoms with E-state index in [9.17, 15) is 13.2 Å². The highest BCUT2D eigenvalue weighted by molar-refractivity contribution is 7.92. The van der Waals surface area contributed by atoms with E-state index in [0.29, 0.717) is 30.2 Å². The highest BCUT2D eigenvalue weighted by atomic mass is 32.2. The van der Waals surface area contributed by atoms with Crippen LogP contribution in [0.5, 0.6) is 11.5 Å². The Labute approximate surface area is 172 Å². The number of amides is 1. The van der Waals surface area contributed by atoms with Crippen LogP contribution in [-0.4, -0.2) is 47.9 Å². The topological polar surface area (TPSA) is 84.9 Å². The number of anilines is 1. The Morgan fingerprint density at radius 1 is 1.03 bits per heavy atom. The SMILES string of the molecule is COc1ccc(CCNC(=O)CN(c2cc(C)ccc2C)S(C)(=O)=O)cc1OC. The molecule has 2 aromatic rings. The van der Waals surface area contributed by atoms with E-state index in [4.69, 9.17) is 9.47 Å². The Morgan fingerprint density at radius 2 is 1.72 bits per heavy atom. The molecule has 0 fully saturated rings. The van der Waals surface area contributed by atoms with Crippen molar-refractivity contribution in [2.24, 2.45) is 0 Å². The number of nitrogens with one attached hydrogen (secondary N) is 1. The third-order valence-corrected chi connectivity index (χ3v) is 5.63. The number of hydrogen-bond donors (Lipinski definition) is 1. The van der Waals surface area contributed by atoms with Crippen LogP contribution in [0.15, 0.2) is 36.4 Å². The average Bonchev–Trinajstić information content (AvgIpc) is 2.67. The lowest BCUT2D eigenvalue weighted by atomic mass is 10.1. The second-order valence-corrected chi connectivity index (χ2v) is 8.76. The van der Waals surface area contributed by atoms with Crippen molar-refractivity contribution in [3.8, 4) is 11.5 Å². The Morgan fingerprint density at radius 3 is 2.34 bits per heavy atom. The number of nitrogens with zero attached hydrogens (tertiary/aromatic N) is 1. The van der Waals surface area contributed by atoms with Crippen molar-refractivity contribution in [2.45, 2.75) is 20.3 Å². The average molecular weight is 421 g/mol. The summed E-state index contributed by atoms with van der Waals surface area (Å²) in [7, 11) is -0.468. The fourth-order valence-electron chi connectivity index (χ4n) is 2.94. The number of methoxy groups -OCH3 is 2. The van der Waals surface area contributed by atoms with Crippen LogP contribution in [0.25, 0.3) is 0 Å². The van der Waals surface area contributed by atoms with Gasteiger partial charge in [0.05, 0.1) is 26.2 Å². The maximum atomic E-state index is 12.4. The van der Waals surface area contributed by atoms with Gasteiger partial charge in [0, 0.05) is 6.54 Å². The third-order valence-electron chi connectivity index (χ3n) is 4.50. The van der Waals surface area contributed by atoms with Gasteiger partial charge in [-0.3, -0.25) is 9.10 Å². The summed E-state index contributed by atoms with van der Waals surface area (Å²) in [6, 6.07) is 11.1. The van der Waals surface area contributed by atoms with Gasteiger partial charge in [-0.05, 0) is 55.2 Å². The summed E-state index contributed by atoms with van der Waals surface area (Å²) >= 11 is 0. The highest BCUT2D eigenvalue weighted by Gasteiger charge is 2.22. The van der Waals surface area contributed by atoms with E-state index in [2.05, 4.69) is 5.32 Å². The van der Waals surface area contributed by atoms with E-state index in [-0.39, 0.29) is 12.5 Å². The zero-order valence-electron chi connectivity index (χ0n) is 17.5. The molecular weight excluding hydrogens is 392 g/mol. The van der Waals surface area contributed by atoms with Gasteiger partial charge >= 0.3 is 0 Å². The first-order valence-corrected chi connectivity index (χ1v) is 11.0. The van der Waals surface area contributed by atoms with Gasteiger partial charge in [-0.1, -0.05) is 18.2 Å². The summed E-state index contributed by atoms with van der Waals surface area (Å²) in [6.07, 6.45) is 1.68. The predicted octanol–water partition coefficient (Wildman–Crippen LogP) is 2.45. The molecule has 0 saturated carbocycles. The quantitative estimate of drug-likeness (QED) is 0.674. The lowest BCUT2D eigenvalue weighted by molar-refractivity contribution is -0.119. The number of benzene rings is 2. The van der Waals surface area contributed by atoms with Gasteiger partial charge in [-0.15, -0.1) is 0 Å². The molecular formula is C21H28N2O5S. The molecule has 0 aromatic heterocycles. The lowest BCUT2D eigenvalue weighted by Gasteiger charge is -2.24. The van der Waals surface area contributed by atoms with Gasteiger partial charge in [-0.2, -0.15) is 0 Å². The van der Waals surface area contributed by atoms with E-state index >= 15 is 0 Å². The lowest BCUT2D eigenvalue weighted by Crippen LogP contribution is -2.41. The van der Waals surface area contributed by atoms with E-state index in [1.807, 2.05) is 44.2 Å². The Hall–Kier alpha value is -2.74. The summed E-state index contributed by atoms with van der Waals surface area (Å²) in [6.45, 7) is 3.81. The molecule has 1 amide bonds. The molecule has 158 valence electrons. The number of carbonyl (C=O) groups is 1. The van der Waals surface area contributed by atoms with Crippen LogP contribution in [0.1, 0.15) is 16.7 Å². The molecule has 2 rings (SSSR count). The Bertz CT molecular complexity index is 973. The zero-order chi connectivity index (χ0) is 21.6. The number of rotatable bonds is 9. The molecule has 8 heteroatoms. The van der Waals surface area contributed by atoms with Crippen molar-refractivity contribution in [3.63, 3.8) is 0 Å². The van der Waals surface area contributed by atoms with Gasteiger partial charge in [0.25, 0.3) is 0 Å². The molecule has 29 heavy (non-hydrogen) atoms. The highest BCUT2D eigenvalue weighted by Crippen LogP contribution is 2.27. The largest absolute Gasteiger partial charge is 0.493 e. The molecule has 7 nitrogen and oxygen atoms in total.